The number of nitrogens with one attached hydrogen (secondary N) is 2. The summed E-state index contributed by atoms with van der Waals surface area (Å²) in [7, 11) is 0. The average Bonchev–Trinajstić information content (AvgIpc) is 2.87. The number of hydrazine groups is 1. The molecule has 2 heterocycles. The van der Waals surface area contributed by atoms with Crippen LogP contribution in [0, 0.1) is 13.8 Å². The predicted molar refractivity (Wildman–Crippen MR) is 111 cm³/mol. The van der Waals surface area contributed by atoms with Gasteiger partial charge in [0.15, 0.2) is 0 Å². The Hall–Kier alpha value is -1.25. The summed E-state index contributed by atoms with van der Waals surface area (Å²) in [5.41, 5.74) is 6.84. The molecular formula is C16H13Cl3N4OS2. The zero-order valence-electron chi connectivity index (χ0n) is 13.7. The number of aromatic nitrogens is 2. The van der Waals surface area contributed by atoms with Gasteiger partial charge in [0, 0.05) is 15.3 Å². The van der Waals surface area contributed by atoms with E-state index in [2.05, 4.69) is 20.8 Å². The first-order valence-corrected chi connectivity index (χ1v) is 10.3. The number of rotatable bonds is 5. The van der Waals surface area contributed by atoms with Crippen molar-refractivity contribution in [1.29, 1.82) is 0 Å². The third kappa shape index (κ3) is 4.18. The highest BCUT2D eigenvalue weighted by molar-refractivity contribution is 8.00. The molecule has 0 saturated heterocycles. The molecule has 0 saturated carbocycles. The number of carbonyl (C=O) groups excluding carboxylic acids is 1. The van der Waals surface area contributed by atoms with Crippen LogP contribution in [0.1, 0.15) is 10.4 Å². The fraction of sp³-hybridized carbons (Fsp3) is 0.188. The molecule has 0 spiro atoms. The third-order valence-corrected chi connectivity index (χ3v) is 6.52. The molecule has 0 radical (unpaired) electrons. The zero-order chi connectivity index (χ0) is 18.8. The highest BCUT2D eigenvalue weighted by atomic mass is 35.5. The molecule has 0 bridgehead atoms. The number of hydrogen-bond acceptors (Lipinski definition) is 6. The van der Waals surface area contributed by atoms with Gasteiger partial charge < -0.3 is 0 Å². The van der Waals surface area contributed by atoms with E-state index < -0.39 is 0 Å². The fourth-order valence-corrected chi connectivity index (χ4v) is 5.05. The highest BCUT2D eigenvalue weighted by Gasteiger charge is 2.14. The van der Waals surface area contributed by atoms with Crippen molar-refractivity contribution in [3.8, 4) is 0 Å². The van der Waals surface area contributed by atoms with E-state index in [1.165, 1.54) is 35.1 Å². The quantitative estimate of drug-likeness (QED) is 0.307. The van der Waals surface area contributed by atoms with Gasteiger partial charge in [-0.05, 0) is 31.5 Å². The van der Waals surface area contributed by atoms with E-state index in [9.17, 15) is 4.79 Å². The Balaban J connectivity index is 1.65. The molecule has 10 heteroatoms. The number of benzene rings is 1. The largest absolute Gasteiger partial charge is 0.296 e. The van der Waals surface area contributed by atoms with Gasteiger partial charge in [-0.15, -0.1) is 11.3 Å². The summed E-state index contributed by atoms with van der Waals surface area (Å²) in [6, 6.07) is 3.08. The van der Waals surface area contributed by atoms with Crippen molar-refractivity contribution < 1.29 is 4.79 Å². The van der Waals surface area contributed by atoms with Crippen LogP contribution in [0.3, 0.4) is 0 Å². The van der Waals surface area contributed by atoms with Crippen LogP contribution in [0.15, 0.2) is 23.5 Å². The molecule has 2 N–H and O–H groups in total. The molecule has 0 aliphatic heterocycles. The molecule has 0 atom stereocenters. The fourth-order valence-electron chi connectivity index (χ4n) is 2.22. The third-order valence-electron chi connectivity index (χ3n) is 3.60. The van der Waals surface area contributed by atoms with E-state index in [0.717, 1.165) is 20.8 Å². The monoisotopic (exact) mass is 446 g/mol. The van der Waals surface area contributed by atoms with Gasteiger partial charge in [-0.3, -0.25) is 15.6 Å². The van der Waals surface area contributed by atoms with Crippen molar-refractivity contribution in [2.24, 2.45) is 0 Å². The number of nitrogens with zero attached hydrogens (tertiary/aromatic N) is 2. The summed E-state index contributed by atoms with van der Waals surface area (Å²) in [5.74, 6) is -0.0653. The average molecular weight is 448 g/mol. The molecule has 0 aliphatic carbocycles. The molecule has 1 amide bonds. The number of carbonyl (C=O) groups is 1. The molecule has 2 aromatic heterocycles. The van der Waals surface area contributed by atoms with Crippen LogP contribution in [0.4, 0.5) is 5.69 Å². The summed E-state index contributed by atoms with van der Waals surface area (Å²) < 4.78 is 0. The maximum atomic E-state index is 12.2. The lowest BCUT2D eigenvalue weighted by atomic mass is 10.2. The topological polar surface area (TPSA) is 66.9 Å². The first kappa shape index (κ1) is 19.5. The van der Waals surface area contributed by atoms with Crippen LogP contribution >= 0.6 is 57.9 Å². The molecule has 0 aliphatic rings. The van der Waals surface area contributed by atoms with Crippen LogP contribution in [0.2, 0.25) is 15.1 Å². The van der Waals surface area contributed by atoms with E-state index >= 15 is 0 Å². The molecule has 0 unspecified atom stereocenters. The van der Waals surface area contributed by atoms with Gasteiger partial charge in [-0.25, -0.2) is 9.97 Å². The number of amides is 1. The standard InChI is InChI=1S/C16H13Cl3N4OS2/c1-7-8(2)26-16-13(7)15(20-6-21-16)25-5-12(24)22-23-14-10(18)3-9(17)4-11(14)19/h3-4,6,23H,5H2,1-2H3,(H,22,24). The zero-order valence-corrected chi connectivity index (χ0v) is 17.6. The van der Waals surface area contributed by atoms with E-state index in [1.807, 2.05) is 13.8 Å². The minimum atomic E-state index is -0.242. The first-order valence-electron chi connectivity index (χ1n) is 7.39. The van der Waals surface area contributed by atoms with E-state index in [1.54, 1.807) is 11.3 Å². The molecule has 3 rings (SSSR count). The second kappa shape index (κ2) is 8.19. The highest BCUT2D eigenvalue weighted by Crippen LogP contribution is 2.35. The second-order valence-corrected chi connectivity index (χ2v) is 8.77. The molecule has 3 aromatic rings. The summed E-state index contributed by atoms with van der Waals surface area (Å²) in [6.07, 6.45) is 1.52. The number of thiophene rings is 1. The van der Waals surface area contributed by atoms with Gasteiger partial charge in [0.1, 0.15) is 16.2 Å². The first-order chi connectivity index (χ1) is 12.4. The lowest BCUT2D eigenvalue weighted by molar-refractivity contribution is -0.118. The molecule has 1 aromatic carbocycles. The summed E-state index contributed by atoms with van der Waals surface area (Å²) in [5, 5.41) is 2.84. The van der Waals surface area contributed by atoms with Gasteiger partial charge >= 0.3 is 0 Å². The number of thioether (sulfide) groups is 1. The van der Waals surface area contributed by atoms with Crippen LogP contribution < -0.4 is 10.9 Å². The van der Waals surface area contributed by atoms with Crippen molar-refractivity contribution in [3.05, 3.63) is 44.0 Å². The van der Waals surface area contributed by atoms with E-state index in [-0.39, 0.29) is 11.7 Å². The minimum Gasteiger partial charge on any atom is -0.296 e. The van der Waals surface area contributed by atoms with Gasteiger partial charge in [-0.1, -0.05) is 46.6 Å². The molecule has 5 nitrogen and oxygen atoms in total. The van der Waals surface area contributed by atoms with Crippen molar-refractivity contribution in [3.63, 3.8) is 0 Å². The lowest BCUT2D eigenvalue weighted by Crippen LogP contribution is -2.31. The Labute approximate surface area is 173 Å². The Morgan fingerprint density at radius 2 is 1.88 bits per heavy atom. The van der Waals surface area contributed by atoms with Crippen LogP contribution in [-0.4, -0.2) is 21.6 Å². The van der Waals surface area contributed by atoms with Gasteiger partial charge in [0.2, 0.25) is 5.91 Å². The van der Waals surface area contributed by atoms with Gasteiger partial charge in [0.05, 0.1) is 21.5 Å². The maximum Gasteiger partial charge on any atom is 0.248 e. The van der Waals surface area contributed by atoms with E-state index in [4.69, 9.17) is 34.8 Å². The molecule has 26 heavy (non-hydrogen) atoms. The summed E-state index contributed by atoms with van der Waals surface area (Å²) >= 11 is 21.0. The number of aryl methyl sites for hydroxylation is 2. The number of anilines is 1. The van der Waals surface area contributed by atoms with Crippen molar-refractivity contribution in [2.45, 2.75) is 18.9 Å². The SMILES string of the molecule is Cc1sc2ncnc(SCC(=O)NNc3c(Cl)cc(Cl)cc3Cl)c2c1C. The Kier molecular flexibility index (Phi) is 6.14. The summed E-state index contributed by atoms with van der Waals surface area (Å²) in [6.45, 7) is 4.08. The number of halogens is 3. The smallest absolute Gasteiger partial charge is 0.248 e. The van der Waals surface area contributed by atoms with Crippen LogP contribution in [0.25, 0.3) is 10.2 Å². The molecule has 136 valence electrons. The lowest BCUT2D eigenvalue weighted by Gasteiger charge is -2.12. The van der Waals surface area contributed by atoms with Crippen molar-refractivity contribution in [2.75, 3.05) is 11.2 Å². The summed E-state index contributed by atoms with van der Waals surface area (Å²) in [4.78, 5) is 22.9. The second-order valence-electron chi connectivity index (χ2n) is 5.35. The Morgan fingerprint density at radius 1 is 1.19 bits per heavy atom. The van der Waals surface area contributed by atoms with E-state index in [0.29, 0.717) is 20.8 Å². The normalized spacial score (nSPS) is 11.0. The van der Waals surface area contributed by atoms with Crippen LogP contribution in [0.5, 0.6) is 0 Å². The van der Waals surface area contributed by atoms with Crippen molar-refractivity contribution in [1.82, 2.24) is 15.4 Å². The number of fused-ring (bicyclic) bond motifs is 1. The number of hydrogen-bond donors (Lipinski definition) is 2. The predicted octanol–water partition coefficient (Wildman–Crippen LogP) is 5.50. The molecule has 0 fully saturated rings. The molecular weight excluding hydrogens is 435 g/mol. The van der Waals surface area contributed by atoms with Gasteiger partial charge in [0.25, 0.3) is 0 Å². The minimum absolute atomic E-state index is 0.177. The van der Waals surface area contributed by atoms with Crippen molar-refractivity contribution >= 4 is 79.7 Å². The maximum absolute atomic E-state index is 12.2. The van der Waals surface area contributed by atoms with Crippen LogP contribution in [-0.2, 0) is 4.79 Å². The Morgan fingerprint density at radius 3 is 2.58 bits per heavy atom. The van der Waals surface area contributed by atoms with Gasteiger partial charge in [-0.2, -0.15) is 0 Å². The Bertz CT molecular complexity index is 970.